The van der Waals surface area contributed by atoms with E-state index in [1.807, 2.05) is 13.8 Å². The number of rotatable bonds is 3. The van der Waals surface area contributed by atoms with Crippen molar-refractivity contribution < 1.29 is 0 Å². The lowest BCUT2D eigenvalue weighted by atomic mass is 10.0. The van der Waals surface area contributed by atoms with Crippen molar-refractivity contribution in [1.29, 1.82) is 0 Å². The summed E-state index contributed by atoms with van der Waals surface area (Å²) in [5.74, 6) is 1.31. The summed E-state index contributed by atoms with van der Waals surface area (Å²) in [7, 11) is 0. The van der Waals surface area contributed by atoms with E-state index >= 15 is 0 Å². The van der Waals surface area contributed by atoms with E-state index in [-0.39, 0.29) is 0 Å². The minimum absolute atomic E-state index is 0.396. The normalized spacial score (nSPS) is 21.3. The van der Waals surface area contributed by atoms with Crippen LogP contribution in [0.25, 0.3) is 0 Å². The fourth-order valence-electron chi connectivity index (χ4n) is 2.57. The molecule has 1 fully saturated rings. The van der Waals surface area contributed by atoms with Gasteiger partial charge in [-0.25, -0.2) is 4.98 Å². The summed E-state index contributed by atoms with van der Waals surface area (Å²) < 4.78 is 0. The summed E-state index contributed by atoms with van der Waals surface area (Å²) in [6, 6.07) is 0. The molecule has 0 amide bonds. The first-order valence-electron chi connectivity index (χ1n) is 6.18. The molecule has 0 spiro atoms. The zero-order chi connectivity index (χ0) is 12.8. The van der Waals surface area contributed by atoms with Crippen LogP contribution in [0.5, 0.6) is 0 Å². The summed E-state index contributed by atoms with van der Waals surface area (Å²) >= 11 is 0. The van der Waals surface area contributed by atoms with Crippen LogP contribution < -0.4 is 5.32 Å². The van der Waals surface area contributed by atoms with E-state index in [1.54, 1.807) is 0 Å². The molecule has 17 heavy (non-hydrogen) atoms. The highest BCUT2D eigenvalue weighted by molar-refractivity contribution is 5.27. The van der Waals surface area contributed by atoms with E-state index in [4.69, 9.17) is 0 Å². The lowest BCUT2D eigenvalue weighted by Gasteiger charge is -2.06. The van der Waals surface area contributed by atoms with Crippen molar-refractivity contribution >= 4 is 5.95 Å². The third-order valence-electron chi connectivity index (χ3n) is 4.88. The summed E-state index contributed by atoms with van der Waals surface area (Å²) in [5.41, 5.74) is 2.62. The van der Waals surface area contributed by atoms with E-state index < -0.39 is 0 Å². The highest BCUT2D eigenvalue weighted by atomic mass is 15.2. The van der Waals surface area contributed by atoms with Gasteiger partial charge in [0.05, 0.1) is 11.4 Å². The second-order valence-corrected chi connectivity index (χ2v) is 6.18. The van der Waals surface area contributed by atoms with Crippen LogP contribution in [0.1, 0.15) is 39.1 Å². The molecule has 0 radical (unpaired) electrons. The van der Waals surface area contributed by atoms with Crippen LogP contribution in [-0.2, 0) is 0 Å². The van der Waals surface area contributed by atoms with Crippen LogP contribution in [0.3, 0.4) is 0 Å². The molecule has 1 aromatic rings. The number of aromatic nitrogens is 3. The maximum atomic E-state index is 4.38. The summed E-state index contributed by atoms with van der Waals surface area (Å²) in [5, 5.41) is 11.4. The average Bonchev–Trinajstić information content (AvgIpc) is 2.61. The van der Waals surface area contributed by atoms with Crippen LogP contribution in [0.15, 0.2) is 0 Å². The highest BCUT2D eigenvalue weighted by Gasteiger charge is 2.64. The lowest BCUT2D eigenvalue weighted by molar-refractivity contribution is 0.457. The van der Waals surface area contributed by atoms with Gasteiger partial charge >= 0.3 is 0 Å². The molecule has 1 aliphatic rings. The first kappa shape index (κ1) is 12.3. The van der Waals surface area contributed by atoms with Crippen LogP contribution >= 0.6 is 0 Å². The lowest BCUT2D eigenvalue weighted by Crippen LogP contribution is -2.12. The zero-order valence-electron chi connectivity index (χ0n) is 11.6. The first-order valence-corrected chi connectivity index (χ1v) is 6.18. The molecule has 94 valence electrons. The Hall–Kier alpha value is -1.19. The molecule has 4 heteroatoms. The van der Waals surface area contributed by atoms with Crippen LogP contribution in [0.2, 0.25) is 0 Å². The predicted molar refractivity (Wildman–Crippen MR) is 68.8 cm³/mol. The zero-order valence-corrected chi connectivity index (χ0v) is 11.6. The number of hydrogen-bond acceptors (Lipinski definition) is 4. The molecule has 0 unspecified atom stereocenters. The molecule has 0 saturated heterocycles. The van der Waals surface area contributed by atoms with Crippen LogP contribution in [0, 0.1) is 30.6 Å². The Bertz CT molecular complexity index is 423. The van der Waals surface area contributed by atoms with Crippen molar-refractivity contribution in [3.05, 3.63) is 11.4 Å². The van der Waals surface area contributed by atoms with Gasteiger partial charge in [0.2, 0.25) is 5.95 Å². The second-order valence-electron chi connectivity index (χ2n) is 6.18. The Balaban J connectivity index is 1.98. The summed E-state index contributed by atoms with van der Waals surface area (Å²) in [6.45, 7) is 14.1. The number of nitrogens with one attached hydrogen (secondary N) is 1. The van der Waals surface area contributed by atoms with E-state index in [1.165, 1.54) is 0 Å². The molecule has 2 rings (SSSR count). The van der Waals surface area contributed by atoms with E-state index in [0.717, 1.165) is 17.9 Å². The van der Waals surface area contributed by atoms with Crippen molar-refractivity contribution in [3.63, 3.8) is 0 Å². The third kappa shape index (κ3) is 1.90. The smallest absolute Gasteiger partial charge is 0.242 e. The van der Waals surface area contributed by atoms with Crippen molar-refractivity contribution in [2.45, 2.75) is 41.5 Å². The molecule has 1 N–H and O–H groups in total. The number of hydrogen-bond donors (Lipinski definition) is 1. The number of anilines is 1. The van der Waals surface area contributed by atoms with Gasteiger partial charge in [0.1, 0.15) is 0 Å². The maximum Gasteiger partial charge on any atom is 0.242 e. The molecular formula is C13H22N4. The van der Waals surface area contributed by atoms with Gasteiger partial charge in [0, 0.05) is 6.54 Å². The van der Waals surface area contributed by atoms with Gasteiger partial charge in [-0.05, 0) is 30.6 Å². The predicted octanol–water partition coefficient (Wildman–Crippen LogP) is 2.58. The van der Waals surface area contributed by atoms with Crippen LogP contribution in [0.4, 0.5) is 5.95 Å². The number of aryl methyl sites for hydroxylation is 2. The van der Waals surface area contributed by atoms with Crippen molar-refractivity contribution in [3.8, 4) is 0 Å². The average molecular weight is 234 g/mol. The van der Waals surface area contributed by atoms with Gasteiger partial charge in [-0.15, -0.1) is 5.10 Å². The molecule has 1 saturated carbocycles. The molecule has 1 aromatic heterocycles. The maximum absolute atomic E-state index is 4.38. The van der Waals surface area contributed by atoms with E-state index in [2.05, 4.69) is 48.2 Å². The second kappa shape index (κ2) is 3.65. The molecule has 0 aromatic carbocycles. The molecule has 1 aliphatic carbocycles. The largest absolute Gasteiger partial charge is 0.353 e. The van der Waals surface area contributed by atoms with Crippen molar-refractivity contribution in [2.75, 3.05) is 11.9 Å². The Labute approximate surface area is 103 Å². The topological polar surface area (TPSA) is 50.7 Å². The molecule has 0 atom stereocenters. The summed E-state index contributed by atoms with van der Waals surface area (Å²) in [6.07, 6.45) is 0. The van der Waals surface area contributed by atoms with Gasteiger partial charge in [-0.2, -0.15) is 5.10 Å². The highest BCUT2D eigenvalue weighted by Crippen LogP contribution is 2.68. The molecule has 1 heterocycles. The monoisotopic (exact) mass is 234 g/mol. The third-order valence-corrected chi connectivity index (χ3v) is 4.88. The Morgan fingerprint density at radius 1 is 1.00 bits per heavy atom. The fraction of sp³-hybridized carbons (Fsp3) is 0.769. The molecule has 0 aliphatic heterocycles. The van der Waals surface area contributed by atoms with Gasteiger partial charge in [-0.1, -0.05) is 27.7 Å². The first-order chi connectivity index (χ1) is 7.76. The van der Waals surface area contributed by atoms with Gasteiger partial charge < -0.3 is 5.32 Å². The quantitative estimate of drug-likeness (QED) is 0.873. The van der Waals surface area contributed by atoms with Crippen molar-refractivity contribution in [2.24, 2.45) is 16.7 Å². The molecule has 0 bridgehead atoms. The van der Waals surface area contributed by atoms with Gasteiger partial charge in [-0.3, -0.25) is 0 Å². The van der Waals surface area contributed by atoms with E-state index in [0.29, 0.717) is 22.7 Å². The SMILES string of the molecule is Cc1nnc(NCC2C(C)(C)C2(C)C)nc1C. The minimum atomic E-state index is 0.396. The van der Waals surface area contributed by atoms with E-state index in [9.17, 15) is 0 Å². The number of nitrogens with zero attached hydrogens (tertiary/aromatic N) is 3. The Morgan fingerprint density at radius 3 is 2.06 bits per heavy atom. The van der Waals surface area contributed by atoms with Crippen LogP contribution in [-0.4, -0.2) is 21.7 Å². The van der Waals surface area contributed by atoms with Crippen molar-refractivity contribution in [1.82, 2.24) is 15.2 Å². The molecule has 4 nitrogen and oxygen atoms in total. The Kier molecular flexibility index (Phi) is 2.64. The fourth-order valence-corrected chi connectivity index (χ4v) is 2.57. The standard InChI is InChI=1S/C13H22N4/c1-8-9(2)16-17-11(15-8)14-7-10-12(3,4)13(10,5)6/h10H,7H2,1-6H3,(H,14,15,17). The minimum Gasteiger partial charge on any atom is -0.353 e. The van der Waals surface area contributed by atoms with Gasteiger partial charge in [0.15, 0.2) is 0 Å². The summed E-state index contributed by atoms with van der Waals surface area (Å²) in [4.78, 5) is 4.38. The Morgan fingerprint density at radius 2 is 1.59 bits per heavy atom. The molecular weight excluding hydrogens is 212 g/mol. The van der Waals surface area contributed by atoms with Gasteiger partial charge in [0.25, 0.3) is 0 Å².